The number of halogens is 3. The van der Waals surface area contributed by atoms with Crippen LogP contribution in [0.15, 0.2) is 41.5 Å². The fourth-order valence-corrected chi connectivity index (χ4v) is 4.37. The first kappa shape index (κ1) is 26.6. The maximum atomic E-state index is 13.5. The molecule has 11 heteroatoms. The average molecular weight is 518 g/mol. The first-order chi connectivity index (χ1) is 17.6. The van der Waals surface area contributed by atoms with E-state index >= 15 is 0 Å². The molecule has 1 amide bonds. The lowest BCUT2D eigenvalue weighted by Crippen LogP contribution is -2.36. The van der Waals surface area contributed by atoms with Crippen LogP contribution in [0.3, 0.4) is 0 Å². The van der Waals surface area contributed by atoms with E-state index in [0.29, 0.717) is 50.5 Å². The SMILES string of the molecule is Cc1c(Cn2cc(C(=O)NCCN(C)C)c(=O)c3ncc(N4CCOCC4)cc32)cccc1C(F)(F)F. The van der Waals surface area contributed by atoms with Gasteiger partial charge in [-0.1, -0.05) is 12.1 Å². The van der Waals surface area contributed by atoms with Crippen LogP contribution >= 0.6 is 0 Å². The minimum Gasteiger partial charge on any atom is -0.378 e. The predicted molar refractivity (Wildman–Crippen MR) is 135 cm³/mol. The number of benzene rings is 1. The van der Waals surface area contributed by atoms with E-state index in [1.54, 1.807) is 22.9 Å². The summed E-state index contributed by atoms with van der Waals surface area (Å²) in [6, 6.07) is 5.82. The van der Waals surface area contributed by atoms with Crippen molar-refractivity contribution in [3.05, 3.63) is 69.1 Å². The van der Waals surface area contributed by atoms with Crippen LogP contribution in [0.5, 0.6) is 0 Å². The molecule has 0 bridgehead atoms. The summed E-state index contributed by atoms with van der Waals surface area (Å²) in [7, 11) is 3.73. The summed E-state index contributed by atoms with van der Waals surface area (Å²) < 4.78 is 47.7. The molecule has 0 aliphatic carbocycles. The number of likely N-dealkylation sites (N-methyl/N-ethyl adjacent to an activating group) is 1. The van der Waals surface area contributed by atoms with Crippen molar-refractivity contribution >= 4 is 22.6 Å². The number of morpholine rings is 1. The topological polar surface area (TPSA) is 79.7 Å². The number of hydrogen-bond acceptors (Lipinski definition) is 6. The average Bonchev–Trinajstić information content (AvgIpc) is 2.86. The van der Waals surface area contributed by atoms with Gasteiger partial charge in [0.15, 0.2) is 0 Å². The van der Waals surface area contributed by atoms with Crippen LogP contribution in [0.2, 0.25) is 0 Å². The van der Waals surface area contributed by atoms with E-state index in [9.17, 15) is 22.8 Å². The summed E-state index contributed by atoms with van der Waals surface area (Å²) in [6.07, 6.45) is -1.49. The van der Waals surface area contributed by atoms with Crippen LogP contribution in [0.4, 0.5) is 18.9 Å². The van der Waals surface area contributed by atoms with Crippen LogP contribution in [-0.2, 0) is 17.5 Å². The molecule has 2 aromatic heterocycles. The lowest BCUT2D eigenvalue weighted by Gasteiger charge is -2.29. The quantitative estimate of drug-likeness (QED) is 0.519. The summed E-state index contributed by atoms with van der Waals surface area (Å²) in [5, 5.41) is 2.74. The molecule has 1 aliphatic rings. The van der Waals surface area contributed by atoms with Crippen molar-refractivity contribution in [3.63, 3.8) is 0 Å². The van der Waals surface area contributed by atoms with E-state index in [0.717, 1.165) is 11.8 Å². The van der Waals surface area contributed by atoms with Gasteiger partial charge in [0.1, 0.15) is 11.1 Å². The van der Waals surface area contributed by atoms with Gasteiger partial charge in [-0.3, -0.25) is 9.59 Å². The van der Waals surface area contributed by atoms with Crippen LogP contribution in [0.25, 0.3) is 11.0 Å². The maximum absolute atomic E-state index is 13.5. The maximum Gasteiger partial charge on any atom is 0.416 e. The van der Waals surface area contributed by atoms with Gasteiger partial charge in [-0.05, 0) is 44.3 Å². The molecule has 3 heterocycles. The Morgan fingerprint density at radius 2 is 1.95 bits per heavy atom. The third kappa shape index (κ3) is 5.94. The molecule has 198 valence electrons. The van der Waals surface area contributed by atoms with Crippen LogP contribution in [-0.4, -0.2) is 73.8 Å². The minimum absolute atomic E-state index is 0.0265. The Labute approximate surface area is 212 Å². The summed E-state index contributed by atoms with van der Waals surface area (Å²) in [5.74, 6) is -0.553. The largest absolute Gasteiger partial charge is 0.416 e. The number of aromatic nitrogens is 2. The van der Waals surface area contributed by atoms with Crippen LogP contribution < -0.4 is 15.6 Å². The van der Waals surface area contributed by atoms with Crippen molar-refractivity contribution in [3.8, 4) is 0 Å². The molecule has 1 aromatic carbocycles. The number of amides is 1. The number of pyridine rings is 2. The first-order valence-electron chi connectivity index (χ1n) is 12.0. The minimum atomic E-state index is -4.49. The monoisotopic (exact) mass is 517 g/mol. The van der Waals surface area contributed by atoms with E-state index in [2.05, 4.69) is 15.2 Å². The lowest BCUT2D eigenvalue weighted by molar-refractivity contribution is -0.138. The van der Waals surface area contributed by atoms with Gasteiger partial charge in [0.05, 0.1) is 36.2 Å². The molecule has 0 spiro atoms. The molecule has 1 fully saturated rings. The van der Waals surface area contributed by atoms with Crippen LogP contribution in [0, 0.1) is 6.92 Å². The van der Waals surface area contributed by atoms with Gasteiger partial charge >= 0.3 is 6.18 Å². The Kier molecular flexibility index (Phi) is 7.84. The third-order valence-corrected chi connectivity index (χ3v) is 6.46. The summed E-state index contributed by atoms with van der Waals surface area (Å²) in [4.78, 5) is 34.6. The Morgan fingerprint density at radius 3 is 2.62 bits per heavy atom. The second-order valence-corrected chi connectivity index (χ2v) is 9.31. The Morgan fingerprint density at radius 1 is 1.22 bits per heavy atom. The molecular weight excluding hydrogens is 487 g/mol. The summed E-state index contributed by atoms with van der Waals surface area (Å²) in [6.45, 7) is 4.78. The van der Waals surface area contributed by atoms with Crippen molar-refractivity contribution in [2.24, 2.45) is 0 Å². The van der Waals surface area contributed by atoms with E-state index in [1.165, 1.54) is 19.2 Å². The highest BCUT2D eigenvalue weighted by atomic mass is 19.4. The molecular formula is C26H30F3N5O3. The van der Waals surface area contributed by atoms with Crippen molar-refractivity contribution in [2.75, 3.05) is 58.4 Å². The molecule has 37 heavy (non-hydrogen) atoms. The Bertz CT molecular complexity index is 1350. The third-order valence-electron chi connectivity index (χ3n) is 6.46. The molecule has 0 atom stereocenters. The van der Waals surface area contributed by atoms with E-state index in [1.807, 2.05) is 19.0 Å². The van der Waals surface area contributed by atoms with Gasteiger partial charge in [0.25, 0.3) is 5.91 Å². The zero-order chi connectivity index (χ0) is 26.7. The second kappa shape index (κ2) is 10.9. The number of rotatable bonds is 7. The summed E-state index contributed by atoms with van der Waals surface area (Å²) >= 11 is 0. The molecule has 0 unspecified atom stereocenters. The van der Waals surface area contributed by atoms with Gasteiger partial charge in [0.2, 0.25) is 5.43 Å². The smallest absolute Gasteiger partial charge is 0.378 e. The zero-order valence-electron chi connectivity index (χ0n) is 21.1. The highest BCUT2D eigenvalue weighted by molar-refractivity contribution is 5.97. The fraction of sp³-hybridized carbons (Fsp3) is 0.423. The molecule has 1 aliphatic heterocycles. The first-order valence-corrected chi connectivity index (χ1v) is 12.0. The highest BCUT2D eigenvalue weighted by Crippen LogP contribution is 2.33. The van der Waals surface area contributed by atoms with Crippen LogP contribution in [0.1, 0.15) is 27.0 Å². The number of alkyl halides is 3. The van der Waals surface area contributed by atoms with Crippen molar-refractivity contribution < 1.29 is 22.7 Å². The van der Waals surface area contributed by atoms with Gasteiger partial charge in [-0.15, -0.1) is 0 Å². The van der Waals surface area contributed by atoms with E-state index in [-0.39, 0.29) is 23.2 Å². The fourth-order valence-electron chi connectivity index (χ4n) is 4.37. The number of hydrogen-bond donors (Lipinski definition) is 1. The number of anilines is 1. The number of carbonyl (C=O) groups excluding carboxylic acids is 1. The molecule has 4 rings (SSSR count). The van der Waals surface area contributed by atoms with Crippen molar-refractivity contribution in [1.82, 2.24) is 19.8 Å². The summed E-state index contributed by atoms with van der Waals surface area (Å²) in [5.41, 5.74) is 0.464. The van der Waals surface area contributed by atoms with Gasteiger partial charge in [-0.25, -0.2) is 4.98 Å². The second-order valence-electron chi connectivity index (χ2n) is 9.31. The molecule has 8 nitrogen and oxygen atoms in total. The van der Waals surface area contributed by atoms with Gasteiger partial charge in [0, 0.05) is 38.9 Å². The van der Waals surface area contributed by atoms with Gasteiger partial charge < -0.3 is 24.4 Å². The number of carbonyl (C=O) groups is 1. The zero-order valence-corrected chi connectivity index (χ0v) is 21.1. The van der Waals surface area contributed by atoms with E-state index < -0.39 is 23.1 Å². The molecule has 1 saturated heterocycles. The molecule has 1 N–H and O–H groups in total. The number of fused-ring (bicyclic) bond motifs is 1. The Balaban J connectivity index is 1.82. The van der Waals surface area contributed by atoms with Gasteiger partial charge in [-0.2, -0.15) is 13.2 Å². The Hall–Kier alpha value is -3.44. The number of ether oxygens (including phenoxy) is 1. The molecule has 0 saturated carbocycles. The van der Waals surface area contributed by atoms with E-state index in [4.69, 9.17) is 4.74 Å². The number of nitrogens with one attached hydrogen (secondary N) is 1. The number of nitrogens with zero attached hydrogens (tertiary/aromatic N) is 4. The predicted octanol–water partition coefficient (Wildman–Crippen LogP) is 2.90. The highest BCUT2D eigenvalue weighted by Gasteiger charge is 2.33. The molecule has 3 aromatic rings. The normalized spacial score (nSPS) is 14.4. The lowest BCUT2D eigenvalue weighted by atomic mass is 10.0. The van der Waals surface area contributed by atoms with Crippen molar-refractivity contribution in [1.29, 1.82) is 0 Å². The van der Waals surface area contributed by atoms with Crippen molar-refractivity contribution in [2.45, 2.75) is 19.6 Å². The standard InChI is InChI=1S/C26H30F3N5O3/c1-17-18(5-4-6-21(17)26(27,28)29)15-34-16-20(25(36)30-7-8-32(2)3)24(35)23-22(34)13-19(14-31-23)33-9-11-37-12-10-33/h4-6,13-14,16H,7-12,15H2,1-3H3,(H,30,36). The molecule has 0 radical (unpaired) electrons.